The van der Waals surface area contributed by atoms with E-state index in [1.54, 1.807) is 4.57 Å². The van der Waals surface area contributed by atoms with Crippen molar-refractivity contribution in [2.75, 3.05) is 90.0 Å². The molecule has 0 fully saturated rings. The van der Waals surface area contributed by atoms with E-state index in [4.69, 9.17) is 41.0 Å². The van der Waals surface area contributed by atoms with Crippen molar-refractivity contribution in [1.29, 1.82) is 0 Å². The van der Waals surface area contributed by atoms with Gasteiger partial charge in [-0.25, -0.2) is 4.98 Å². The molecule has 2 aromatic heterocycles. The zero-order valence-corrected chi connectivity index (χ0v) is 30.2. The van der Waals surface area contributed by atoms with Crippen LogP contribution in [-0.4, -0.2) is 122 Å². The number of fused-ring (bicyclic) bond motifs is 1. The number of H-pyrrole nitrogens is 1. The number of aromatic amines is 1. The van der Waals surface area contributed by atoms with Crippen molar-refractivity contribution < 1.29 is 33.3 Å². The molecule has 0 aliphatic carbocycles. The van der Waals surface area contributed by atoms with Gasteiger partial charge in [0, 0.05) is 31.7 Å². The third-order valence-corrected chi connectivity index (χ3v) is 8.39. The Bertz CT molecular complexity index is 1460. The fourth-order valence-electron chi connectivity index (χ4n) is 4.62. The number of alkyl halides is 1. The number of rotatable bonds is 28. The number of nitrogens with one attached hydrogen (secondary N) is 3. The van der Waals surface area contributed by atoms with Gasteiger partial charge < -0.3 is 40.1 Å². The van der Waals surface area contributed by atoms with Gasteiger partial charge in [0.1, 0.15) is 6.04 Å². The van der Waals surface area contributed by atoms with Gasteiger partial charge in [-0.1, -0.05) is 54.9 Å². The van der Waals surface area contributed by atoms with E-state index in [1.165, 1.54) is 18.7 Å². The minimum Gasteiger partial charge on any atom is -0.379 e. The van der Waals surface area contributed by atoms with Gasteiger partial charge in [0.05, 0.1) is 66.0 Å². The normalized spacial score (nSPS) is 12.0. The van der Waals surface area contributed by atoms with Crippen molar-refractivity contribution in [3.8, 4) is 0 Å². The van der Waals surface area contributed by atoms with Gasteiger partial charge in [0.2, 0.25) is 17.8 Å². The Labute approximate surface area is 301 Å². The molecule has 278 valence electrons. The molecule has 5 N–H and O–H groups in total. The zero-order chi connectivity index (χ0) is 35.8. The molecular weight excluding hydrogens is 690 g/mol. The van der Waals surface area contributed by atoms with Crippen LogP contribution in [0.1, 0.15) is 38.2 Å². The first-order valence-corrected chi connectivity index (χ1v) is 18.3. The lowest BCUT2D eigenvalue weighted by atomic mass is 10.2. The van der Waals surface area contributed by atoms with Gasteiger partial charge in [-0.3, -0.25) is 23.9 Å². The maximum Gasteiger partial charge on any atom is 0.280 e. The second kappa shape index (κ2) is 24.8. The predicted molar refractivity (Wildman–Crippen MR) is 193 cm³/mol. The number of hydrogen-bond acceptors (Lipinski definition) is 12. The number of benzene rings is 1. The molecule has 15 nitrogen and oxygen atoms in total. The van der Waals surface area contributed by atoms with E-state index >= 15 is 0 Å². The summed E-state index contributed by atoms with van der Waals surface area (Å²) in [5.74, 6) is 0.122. The average Bonchev–Trinajstić information content (AvgIpc) is 3.44. The average molecular weight is 740 g/mol. The number of carbonyl (C=O) groups is 2. The summed E-state index contributed by atoms with van der Waals surface area (Å²) in [5.41, 5.74) is 6.77. The van der Waals surface area contributed by atoms with Crippen molar-refractivity contribution >= 4 is 52.3 Å². The summed E-state index contributed by atoms with van der Waals surface area (Å²) in [5, 5.41) is 5.94. The Kier molecular flexibility index (Phi) is 20.4. The van der Waals surface area contributed by atoms with Crippen LogP contribution in [0.25, 0.3) is 11.2 Å². The highest BCUT2D eigenvalue weighted by molar-refractivity contribution is 7.99. The van der Waals surface area contributed by atoms with Crippen molar-refractivity contribution in [3.05, 3.63) is 46.2 Å². The summed E-state index contributed by atoms with van der Waals surface area (Å²) in [4.78, 5) is 48.7. The van der Waals surface area contributed by atoms with Gasteiger partial charge >= 0.3 is 0 Å². The molecule has 50 heavy (non-hydrogen) atoms. The van der Waals surface area contributed by atoms with Crippen LogP contribution in [0.15, 0.2) is 40.3 Å². The predicted octanol–water partition coefficient (Wildman–Crippen LogP) is 2.35. The molecule has 3 aromatic rings. The molecule has 0 aliphatic heterocycles. The fraction of sp³-hybridized carbons (Fsp3) is 0.606. The minimum atomic E-state index is -0.859. The highest BCUT2D eigenvalue weighted by Crippen LogP contribution is 2.24. The highest BCUT2D eigenvalue weighted by Gasteiger charge is 2.23. The number of carbonyl (C=O) groups excluding carboxylic acids is 2. The highest BCUT2D eigenvalue weighted by atomic mass is 35.5. The number of anilines is 1. The Morgan fingerprint density at radius 3 is 2.10 bits per heavy atom. The van der Waals surface area contributed by atoms with Gasteiger partial charge in [-0.2, -0.15) is 4.98 Å². The summed E-state index contributed by atoms with van der Waals surface area (Å²) in [7, 11) is 0. The molecule has 1 atom stereocenters. The first-order chi connectivity index (χ1) is 24.4. The first-order valence-electron chi connectivity index (χ1n) is 16.8. The summed E-state index contributed by atoms with van der Waals surface area (Å²) in [6.07, 6.45) is 4.39. The van der Waals surface area contributed by atoms with Gasteiger partial charge in [-0.15, -0.1) is 11.6 Å². The van der Waals surface area contributed by atoms with Gasteiger partial charge in [0.15, 0.2) is 16.3 Å². The van der Waals surface area contributed by atoms with E-state index in [0.29, 0.717) is 70.2 Å². The topological polar surface area (TPSA) is 194 Å². The lowest BCUT2D eigenvalue weighted by Crippen LogP contribution is -2.48. The zero-order valence-electron chi connectivity index (χ0n) is 28.7. The number of aromatic nitrogens is 4. The van der Waals surface area contributed by atoms with Crippen molar-refractivity contribution in [1.82, 2.24) is 30.2 Å². The van der Waals surface area contributed by atoms with E-state index in [0.717, 1.165) is 43.7 Å². The number of unbranched alkanes of at least 4 members (excludes halogenated alkanes) is 3. The quantitative estimate of drug-likeness (QED) is 0.0483. The van der Waals surface area contributed by atoms with Gasteiger partial charge in [-0.05, 0) is 18.4 Å². The molecule has 0 radical (unpaired) electrons. The lowest BCUT2D eigenvalue weighted by molar-refractivity contribution is -0.127. The van der Waals surface area contributed by atoms with Crippen molar-refractivity contribution in [2.45, 2.75) is 50.4 Å². The summed E-state index contributed by atoms with van der Waals surface area (Å²) < 4.78 is 29.3. The van der Waals surface area contributed by atoms with Crippen LogP contribution in [0.2, 0.25) is 0 Å². The standard InChI is InChI=1S/C33H50ClN7O8S/c1-25(42)37-27(24-50-33-38-28-29(39-32(35)40-31(28)44)41(33)23-26-9-5-4-6-10-26)30(43)36-12-14-46-16-18-48-20-22-49-21-19-47-17-15-45-13-8-3-2-7-11-34/h4-6,9-10,27H,2-3,7-8,11-24H2,1H3,(H,36,43)(H,37,42)(H3,35,39,40,44)/t27-/m1/s1. The molecule has 2 heterocycles. The molecular formula is C33H50ClN7O8S. The molecule has 0 saturated carbocycles. The number of halogens is 1. The number of imidazole rings is 1. The fourth-order valence-corrected chi connectivity index (χ4v) is 5.82. The smallest absolute Gasteiger partial charge is 0.280 e. The number of nitrogens with zero attached hydrogens (tertiary/aromatic N) is 3. The number of hydrogen-bond donors (Lipinski definition) is 4. The SMILES string of the molecule is CC(=O)N[C@H](CSc1nc2c(=O)[nH]c(N)nc2n1Cc1ccccc1)C(=O)NCCOCCOCCOCCOCCOCCCCCCCl. The number of ether oxygens (including phenoxy) is 5. The van der Waals surface area contributed by atoms with E-state index < -0.39 is 11.6 Å². The van der Waals surface area contributed by atoms with E-state index in [1.807, 2.05) is 30.3 Å². The number of amides is 2. The number of nitrogens with two attached hydrogens (primary N) is 1. The Balaban J connectivity index is 1.28. The van der Waals surface area contributed by atoms with Crippen molar-refractivity contribution in [2.24, 2.45) is 0 Å². The van der Waals surface area contributed by atoms with Gasteiger partial charge in [0.25, 0.3) is 5.56 Å². The molecule has 3 rings (SSSR count). The molecule has 1 aromatic carbocycles. The van der Waals surface area contributed by atoms with E-state index in [-0.39, 0.29) is 42.2 Å². The second-order valence-corrected chi connectivity index (χ2v) is 12.5. The third-order valence-electron chi connectivity index (χ3n) is 7.05. The summed E-state index contributed by atoms with van der Waals surface area (Å²) in [6.45, 7) is 6.70. The Hall–Kier alpha value is -3.25. The number of nitrogen functional groups attached to an aromatic ring is 1. The summed E-state index contributed by atoms with van der Waals surface area (Å²) >= 11 is 6.88. The van der Waals surface area contributed by atoms with Crippen LogP contribution in [0.4, 0.5) is 5.95 Å². The monoisotopic (exact) mass is 739 g/mol. The maximum absolute atomic E-state index is 13.0. The lowest BCUT2D eigenvalue weighted by Gasteiger charge is -2.17. The molecule has 17 heteroatoms. The molecule has 0 bridgehead atoms. The second-order valence-electron chi connectivity index (χ2n) is 11.1. The first kappa shape index (κ1) is 41.2. The van der Waals surface area contributed by atoms with Crippen LogP contribution in [-0.2, 0) is 39.8 Å². The maximum atomic E-state index is 13.0. The van der Waals surface area contributed by atoms with Crippen LogP contribution in [0.3, 0.4) is 0 Å². The molecule has 0 aliphatic rings. The Morgan fingerprint density at radius 2 is 1.48 bits per heavy atom. The minimum absolute atomic E-state index is 0.0264. The Morgan fingerprint density at radius 1 is 0.880 bits per heavy atom. The molecule has 0 saturated heterocycles. The third kappa shape index (κ3) is 16.2. The van der Waals surface area contributed by atoms with Crippen LogP contribution in [0, 0.1) is 0 Å². The molecule has 0 spiro atoms. The van der Waals surface area contributed by atoms with Crippen LogP contribution in [0.5, 0.6) is 0 Å². The van der Waals surface area contributed by atoms with Crippen LogP contribution < -0.4 is 21.9 Å². The number of thioether (sulfide) groups is 1. The van der Waals surface area contributed by atoms with E-state index in [9.17, 15) is 14.4 Å². The van der Waals surface area contributed by atoms with Crippen molar-refractivity contribution in [3.63, 3.8) is 0 Å². The van der Waals surface area contributed by atoms with E-state index in [2.05, 4.69) is 25.6 Å². The largest absolute Gasteiger partial charge is 0.379 e. The molecule has 0 unspecified atom stereocenters. The molecule has 2 amide bonds. The van der Waals surface area contributed by atoms with Crippen LogP contribution >= 0.6 is 23.4 Å². The summed E-state index contributed by atoms with van der Waals surface area (Å²) in [6, 6.07) is 8.75.